The van der Waals surface area contributed by atoms with Gasteiger partial charge in [0.1, 0.15) is 0 Å². The lowest BCUT2D eigenvalue weighted by atomic mass is 10.1. The van der Waals surface area contributed by atoms with E-state index in [0.717, 1.165) is 14.2 Å². The number of nitrogens with zero attached hydrogens (tertiary/aromatic N) is 1. The van der Waals surface area contributed by atoms with Crippen molar-refractivity contribution in [3.8, 4) is 0 Å². The van der Waals surface area contributed by atoms with Crippen LogP contribution in [0.15, 0.2) is 30.3 Å². The molecule has 0 unspecified atom stereocenters. The summed E-state index contributed by atoms with van der Waals surface area (Å²) < 4.78 is 9.00. The topological polar surface area (TPSA) is 72.9 Å². The monoisotopic (exact) mass is 279 g/mol. The third-order valence-electron chi connectivity index (χ3n) is 2.77. The van der Waals surface area contributed by atoms with Crippen molar-refractivity contribution in [2.75, 3.05) is 25.7 Å². The molecular formula is C14H17NO5. The molecule has 0 aliphatic rings. The molecule has 1 aromatic rings. The number of anilines is 1. The van der Waals surface area contributed by atoms with Crippen LogP contribution >= 0.6 is 0 Å². The third-order valence-corrected chi connectivity index (χ3v) is 2.77. The van der Waals surface area contributed by atoms with E-state index in [4.69, 9.17) is 0 Å². The number of benzene rings is 1. The second-order valence-electron chi connectivity index (χ2n) is 3.90. The average molecular weight is 279 g/mol. The summed E-state index contributed by atoms with van der Waals surface area (Å²) in [4.78, 5) is 37.0. The standard InChI is InChI=1S/C14H17NO5/c1-4-15(10-8-6-5-7-9-10)12(16)11(13(17)19-2)14(18)20-3/h5-9,11H,4H2,1-3H3. The van der Waals surface area contributed by atoms with Crippen LogP contribution in [0.1, 0.15) is 6.92 Å². The molecule has 0 fully saturated rings. The van der Waals surface area contributed by atoms with Crippen LogP contribution in [-0.4, -0.2) is 38.6 Å². The Morgan fingerprint density at radius 2 is 1.55 bits per heavy atom. The van der Waals surface area contributed by atoms with Gasteiger partial charge in [-0.25, -0.2) is 0 Å². The molecule has 0 N–H and O–H groups in total. The fourth-order valence-corrected chi connectivity index (χ4v) is 1.76. The first-order valence-corrected chi connectivity index (χ1v) is 6.08. The first-order valence-electron chi connectivity index (χ1n) is 6.08. The van der Waals surface area contributed by atoms with Gasteiger partial charge in [-0.15, -0.1) is 0 Å². The van der Waals surface area contributed by atoms with E-state index in [1.165, 1.54) is 4.90 Å². The molecule has 0 radical (unpaired) electrons. The molecule has 1 rings (SSSR count). The molecule has 108 valence electrons. The van der Waals surface area contributed by atoms with E-state index in [2.05, 4.69) is 9.47 Å². The predicted octanol–water partition coefficient (Wildman–Crippen LogP) is 1.00. The number of hydrogen-bond donors (Lipinski definition) is 0. The highest BCUT2D eigenvalue weighted by Gasteiger charge is 2.39. The van der Waals surface area contributed by atoms with Gasteiger partial charge in [-0.2, -0.15) is 0 Å². The number of carbonyl (C=O) groups excluding carboxylic acids is 3. The molecule has 20 heavy (non-hydrogen) atoms. The molecule has 6 heteroatoms. The van der Waals surface area contributed by atoms with Crippen molar-refractivity contribution >= 4 is 23.5 Å². The summed E-state index contributed by atoms with van der Waals surface area (Å²) in [5, 5.41) is 0. The number of methoxy groups -OCH3 is 2. The predicted molar refractivity (Wildman–Crippen MR) is 72.0 cm³/mol. The lowest BCUT2D eigenvalue weighted by molar-refractivity contribution is -0.161. The van der Waals surface area contributed by atoms with Crippen LogP contribution in [-0.2, 0) is 23.9 Å². The minimum absolute atomic E-state index is 0.313. The lowest BCUT2D eigenvalue weighted by Crippen LogP contribution is -2.44. The molecule has 0 aliphatic carbocycles. The number of ether oxygens (including phenoxy) is 2. The van der Waals surface area contributed by atoms with Crippen molar-refractivity contribution in [3.63, 3.8) is 0 Å². The van der Waals surface area contributed by atoms with E-state index in [1.54, 1.807) is 37.3 Å². The van der Waals surface area contributed by atoms with Crippen LogP contribution in [0.25, 0.3) is 0 Å². The van der Waals surface area contributed by atoms with Gasteiger partial charge in [-0.3, -0.25) is 14.4 Å². The molecule has 0 aromatic heterocycles. The van der Waals surface area contributed by atoms with Gasteiger partial charge < -0.3 is 14.4 Å². The number of hydrogen-bond acceptors (Lipinski definition) is 5. The Balaban J connectivity index is 3.09. The second kappa shape index (κ2) is 7.28. The zero-order valence-electron chi connectivity index (χ0n) is 11.7. The maximum Gasteiger partial charge on any atom is 0.329 e. The number of amides is 1. The summed E-state index contributed by atoms with van der Waals surface area (Å²) in [6.45, 7) is 2.06. The Hall–Kier alpha value is -2.37. The second-order valence-corrected chi connectivity index (χ2v) is 3.90. The van der Waals surface area contributed by atoms with E-state index in [0.29, 0.717) is 12.2 Å². The van der Waals surface area contributed by atoms with Gasteiger partial charge in [-0.05, 0) is 19.1 Å². The maximum atomic E-state index is 12.4. The smallest absolute Gasteiger partial charge is 0.329 e. The molecule has 0 saturated heterocycles. The highest BCUT2D eigenvalue weighted by molar-refractivity contribution is 6.18. The van der Waals surface area contributed by atoms with Crippen LogP contribution in [0.2, 0.25) is 0 Å². The third kappa shape index (κ3) is 3.34. The quantitative estimate of drug-likeness (QED) is 0.594. The number of carbonyl (C=O) groups is 3. The molecule has 0 heterocycles. The largest absolute Gasteiger partial charge is 0.468 e. The van der Waals surface area contributed by atoms with E-state index >= 15 is 0 Å². The molecule has 0 spiro atoms. The SMILES string of the molecule is CCN(C(=O)C(C(=O)OC)C(=O)OC)c1ccccc1. The van der Waals surface area contributed by atoms with Crippen molar-refractivity contribution < 1.29 is 23.9 Å². The van der Waals surface area contributed by atoms with Crippen molar-refractivity contribution in [2.24, 2.45) is 5.92 Å². The number of rotatable bonds is 5. The fourth-order valence-electron chi connectivity index (χ4n) is 1.76. The summed E-state index contributed by atoms with van der Waals surface area (Å²) in [5.41, 5.74) is 0.595. The first kappa shape index (κ1) is 15.7. The highest BCUT2D eigenvalue weighted by atomic mass is 16.5. The molecule has 1 amide bonds. The van der Waals surface area contributed by atoms with Gasteiger partial charge in [0.05, 0.1) is 14.2 Å². The van der Waals surface area contributed by atoms with Gasteiger partial charge in [0.2, 0.25) is 5.92 Å². The van der Waals surface area contributed by atoms with Gasteiger partial charge in [-0.1, -0.05) is 18.2 Å². The van der Waals surface area contributed by atoms with E-state index in [-0.39, 0.29) is 0 Å². The summed E-state index contributed by atoms with van der Waals surface area (Å²) in [6.07, 6.45) is 0. The fraction of sp³-hybridized carbons (Fsp3) is 0.357. The summed E-state index contributed by atoms with van der Waals surface area (Å²) in [5.74, 6) is -4.14. The molecule has 0 atom stereocenters. The van der Waals surface area contributed by atoms with E-state index < -0.39 is 23.8 Å². The minimum atomic E-state index is -1.61. The number of esters is 2. The molecule has 1 aromatic carbocycles. The molecule has 0 aliphatic heterocycles. The van der Waals surface area contributed by atoms with Crippen LogP contribution in [0.5, 0.6) is 0 Å². The van der Waals surface area contributed by atoms with Gasteiger partial charge in [0.25, 0.3) is 5.91 Å². The summed E-state index contributed by atoms with van der Waals surface area (Å²) in [7, 11) is 2.23. The first-order chi connectivity index (χ1) is 9.56. The zero-order chi connectivity index (χ0) is 15.1. The van der Waals surface area contributed by atoms with Crippen LogP contribution in [0, 0.1) is 5.92 Å². The molecular weight excluding hydrogens is 262 g/mol. The van der Waals surface area contributed by atoms with Crippen LogP contribution in [0.4, 0.5) is 5.69 Å². The maximum absolute atomic E-state index is 12.4. The molecule has 6 nitrogen and oxygen atoms in total. The van der Waals surface area contributed by atoms with Crippen LogP contribution in [0.3, 0.4) is 0 Å². The van der Waals surface area contributed by atoms with Gasteiger partial charge >= 0.3 is 11.9 Å². The highest BCUT2D eigenvalue weighted by Crippen LogP contribution is 2.17. The van der Waals surface area contributed by atoms with Gasteiger partial charge in [0.15, 0.2) is 0 Å². The molecule has 0 bridgehead atoms. The van der Waals surface area contributed by atoms with Crippen molar-refractivity contribution in [1.29, 1.82) is 0 Å². The average Bonchev–Trinajstić information content (AvgIpc) is 2.48. The summed E-state index contributed by atoms with van der Waals surface area (Å²) in [6, 6.07) is 8.76. The van der Waals surface area contributed by atoms with Crippen LogP contribution < -0.4 is 4.90 Å². The lowest BCUT2D eigenvalue weighted by Gasteiger charge is -2.24. The Bertz CT molecular complexity index is 470. The molecule has 0 saturated carbocycles. The Morgan fingerprint density at radius 1 is 1.05 bits per heavy atom. The van der Waals surface area contributed by atoms with Crippen molar-refractivity contribution in [1.82, 2.24) is 0 Å². The number of para-hydroxylation sites is 1. The van der Waals surface area contributed by atoms with E-state index in [9.17, 15) is 14.4 Å². The normalized spacial score (nSPS) is 10.0. The van der Waals surface area contributed by atoms with E-state index in [1.807, 2.05) is 0 Å². The summed E-state index contributed by atoms with van der Waals surface area (Å²) >= 11 is 0. The Kier molecular flexibility index (Phi) is 5.71. The minimum Gasteiger partial charge on any atom is -0.468 e. The van der Waals surface area contributed by atoms with Crippen molar-refractivity contribution in [2.45, 2.75) is 6.92 Å². The zero-order valence-corrected chi connectivity index (χ0v) is 11.7. The Labute approximate surface area is 117 Å². The Morgan fingerprint density at radius 3 is 1.95 bits per heavy atom. The van der Waals surface area contributed by atoms with Gasteiger partial charge in [0, 0.05) is 12.2 Å². The van der Waals surface area contributed by atoms with Crippen molar-refractivity contribution in [3.05, 3.63) is 30.3 Å².